The number of unbranched alkanes of at least 4 members (excludes halogenated alkanes) is 24. The first-order valence-electron chi connectivity index (χ1n) is 54.0. The number of aliphatic hydroxyl groups is 14. The van der Waals surface area contributed by atoms with Crippen molar-refractivity contribution < 1.29 is 128 Å². The van der Waals surface area contributed by atoms with Gasteiger partial charge in [0, 0.05) is 26.4 Å². The van der Waals surface area contributed by atoms with Crippen LogP contribution in [-0.2, 0) is 56.8 Å². The minimum Gasteiger partial charge on any atom is -0.394 e. The molecule has 0 radical (unpaired) electrons. The smallest absolute Gasteiger partial charge is 0.187 e. The highest BCUT2D eigenvalue weighted by molar-refractivity contribution is 4.97. The van der Waals surface area contributed by atoms with Crippen LogP contribution in [0, 0.1) is 59.2 Å². The zero-order chi connectivity index (χ0) is 95.5. The molecule has 778 valence electrons. The van der Waals surface area contributed by atoms with Crippen LogP contribution in [0.3, 0.4) is 0 Å². The summed E-state index contributed by atoms with van der Waals surface area (Å²) >= 11 is 0. The van der Waals surface area contributed by atoms with E-state index in [2.05, 4.69) is 69.2 Å². The van der Waals surface area contributed by atoms with Crippen LogP contribution in [0.4, 0.5) is 0 Å². The van der Waals surface area contributed by atoms with Crippen molar-refractivity contribution in [2.45, 2.75) is 532 Å². The molecule has 1 aliphatic carbocycles. The van der Waals surface area contributed by atoms with E-state index in [4.69, 9.17) is 56.8 Å². The van der Waals surface area contributed by atoms with Gasteiger partial charge in [-0.2, -0.15) is 0 Å². The first-order valence-corrected chi connectivity index (χ1v) is 54.0. The first kappa shape index (κ1) is 120. The van der Waals surface area contributed by atoms with Gasteiger partial charge in [-0.25, -0.2) is 0 Å². The van der Waals surface area contributed by atoms with Crippen LogP contribution in [0.5, 0.6) is 0 Å². The van der Waals surface area contributed by atoms with Gasteiger partial charge in [0.05, 0.1) is 52.9 Å². The summed E-state index contributed by atoms with van der Waals surface area (Å²) in [6.45, 7) is 23.4. The second kappa shape index (κ2) is 73.1. The number of aliphatic hydroxyl groups excluding tert-OH is 14. The molecule has 4 saturated heterocycles. The third-order valence-electron chi connectivity index (χ3n) is 29.3. The summed E-state index contributed by atoms with van der Waals surface area (Å²) < 4.78 is 71.6. The molecule has 30 atom stereocenters. The molecule has 0 bridgehead atoms. The summed E-state index contributed by atoms with van der Waals surface area (Å²) in [5.41, 5.74) is 0. The van der Waals surface area contributed by atoms with Crippen LogP contribution in [0.25, 0.3) is 0 Å². The highest BCUT2D eigenvalue weighted by atomic mass is 16.8. The molecule has 131 heavy (non-hydrogen) atoms. The topological polar surface area (TPSA) is 394 Å². The van der Waals surface area contributed by atoms with Crippen LogP contribution < -0.4 is 0 Å². The summed E-state index contributed by atoms with van der Waals surface area (Å²) in [7, 11) is 0. The Balaban J connectivity index is 0.847. The second-order valence-electron chi connectivity index (χ2n) is 42.7. The number of rotatable bonds is 82. The summed E-state index contributed by atoms with van der Waals surface area (Å²) in [5.74, 6) is 7.45. The van der Waals surface area contributed by atoms with E-state index in [0.29, 0.717) is 38.3 Å². The Morgan fingerprint density at radius 1 is 0.244 bits per heavy atom. The molecule has 5 fully saturated rings. The van der Waals surface area contributed by atoms with Gasteiger partial charge in [-0.3, -0.25) is 0 Å². The fourth-order valence-corrected chi connectivity index (χ4v) is 20.1. The monoisotopic (exact) mass is 1880 g/mol. The van der Waals surface area contributed by atoms with Crippen molar-refractivity contribution in [1.82, 2.24) is 0 Å². The van der Waals surface area contributed by atoms with E-state index in [1.807, 2.05) is 0 Å². The maximum Gasteiger partial charge on any atom is 0.187 e. The Kier molecular flexibility index (Phi) is 67.2. The van der Waals surface area contributed by atoms with Crippen LogP contribution in [0.2, 0.25) is 0 Å². The molecule has 1 saturated carbocycles. The highest BCUT2D eigenvalue weighted by Crippen LogP contribution is 2.39. The fraction of sp³-hybridized carbons (Fsp3) is 1.00. The van der Waals surface area contributed by atoms with Crippen molar-refractivity contribution in [3.8, 4) is 0 Å². The zero-order valence-corrected chi connectivity index (χ0v) is 84.2. The summed E-state index contributed by atoms with van der Waals surface area (Å²) in [5, 5.41) is 147. The lowest BCUT2D eigenvalue weighted by Crippen LogP contribution is -2.64. The maximum atomic E-state index is 11.3. The quantitative estimate of drug-likeness (QED) is 0.0252. The Bertz CT molecular complexity index is 2450. The normalized spacial score (nSPS) is 29.9. The Labute approximate surface area is 794 Å². The molecule has 0 unspecified atom stereocenters. The Morgan fingerprint density at radius 3 is 0.779 bits per heavy atom. The van der Waals surface area contributed by atoms with Gasteiger partial charge in [0.25, 0.3) is 0 Å². The summed E-state index contributed by atoms with van der Waals surface area (Å²) in [4.78, 5) is 0. The van der Waals surface area contributed by atoms with Crippen LogP contribution in [0.1, 0.15) is 397 Å². The minimum atomic E-state index is -1.76. The molecular weight excluding hydrogens is 1680 g/mol. The Hall–Kier alpha value is -1.04. The molecule has 0 amide bonds. The van der Waals surface area contributed by atoms with Gasteiger partial charge in [-0.05, 0) is 91.3 Å². The number of hydrogen-bond donors (Lipinski definition) is 14. The predicted molar refractivity (Wildman–Crippen MR) is 513 cm³/mol. The number of hydrogen-bond acceptors (Lipinski definition) is 26. The fourth-order valence-electron chi connectivity index (χ4n) is 20.1. The molecule has 0 spiro atoms. The first-order chi connectivity index (χ1) is 63.2. The van der Waals surface area contributed by atoms with E-state index in [1.165, 1.54) is 276 Å². The third-order valence-corrected chi connectivity index (χ3v) is 29.3. The molecule has 5 rings (SSSR count). The summed E-state index contributed by atoms with van der Waals surface area (Å²) in [6, 6.07) is 0. The molecule has 4 heterocycles. The molecule has 4 aliphatic heterocycles. The average molecular weight is 1880 g/mol. The van der Waals surface area contributed by atoms with Crippen LogP contribution in [-0.4, -0.2) is 286 Å². The van der Waals surface area contributed by atoms with Crippen molar-refractivity contribution in [1.29, 1.82) is 0 Å². The van der Waals surface area contributed by atoms with Gasteiger partial charge in [-0.15, -0.1) is 0 Å². The SMILES string of the molecule is CC(C)CCC[C@@H](C)CCC[C@@H](C)CCC[C@H](C)CCO[C@@H](COCCCCCCCCCCCCCCC[C@@H]1CC[C@H](CCCCCCCCCCCCCCCOC[C@@H](CO[C@@H]2O[C@H](CO)[C@@H](O[C@@H]3O[C@H](CO)[C@H](O)[C@H](O)[C@H]3O)[C@H](O)[C@H]2O)OCC[C@@H](C)CCC[C@H](C)CCC[C@H](C)CCCC(C)C)C1)CO[C@@H]1O[C@H](CO)[C@@H](O[C@@H]2O[C@H](CO)[C@H](O)[C@H](O)[C@H]2O)[C@H](O)[C@H]1O. The molecule has 0 aromatic heterocycles. The molecule has 0 aromatic carbocycles. The van der Waals surface area contributed by atoms with Crippen molar-refractivity contribution in [2.24, 2.45) is 59.2 Å². The van der Waals surface area contributed by atoms with Gasteiger partial charge in [-0.1, -0.05) is 365 Å². The van der Waals surface area contributed by atoms with Crippen molar-refractivity contribution in [3.05, 3.63) is 0 Å². The molecule has 0 aromatic rings. The molecular formula is C105H202O26. The van der Waals surface area contributed by atoms with E-state index in [-0.39, 0.29) is 26.4 Å². The number of ether oxygens (including phenoxy) is 12. The minimum absolute atomic E-state index is 0.0118. The predicted octanol–water partition coefficient (Wildman–Crippen LogP) is 16.3. The lowest BCUT2D eigenvalue weighted by Gasteiger charge is -2.46. The lowest BCUT2D eigenvalue weighted by molar-refractivity contribution is -0.360. The summed E-state index contributed by atoms with van der Waals surface area (Å²) in [6.07, 6.45) is 33.3. The third kappa shape index (κ3) is 51.0. The molecule has 5 aliphatic rings. The molecule has 14 N–H and O–H groups in total. The van der Waals surface area contributed by atoms with E-state index in [1.54, 1.807) is 0 Å². The molecule has 26 nitrogen and oxygen atoms in total. The second-order valence-corrected chi connectivity index (χ2v) is 42.7. The van der Waals surface area contributed by atoms with E-state index in [9.17, 15) is 71.5 Å². The van der Waals surface area contributed by atoms with Crippen molar-refractivity contribution >= 4 is 0 Å². The van der Waals surface area contributed by atoms with Crippen LogP contribution in [0.15, 0.2) is 0 Å². The van der Waals surface area contributed by atoms with E-state index >= 15 is 0 Å². The van der Waals surface area contributed by atoms with Crippen molar-refractivity contribution in [3.63, 3.8) is 0 Å². The molecule has 26 heteroatoms. The lowest BCUT2D eigenvalue weighted by atomic mass is 9.91. The van der Waals surface area contributed by atoms with Gasteiger partial charge < -0.3 is 128 Å². The van der Waals surface area contributed by atoms with Crippen molar-refractivity contribution in [2.75, 3.05) is 79.3 Å². The zero-order valence-electron chi connectivity index (χ0n) is 84.2. The average Bonchev–Trinajstić information content (AvgIpc) is 1.03. The van der Waals surface area contributed by atoms with E-state index < -0.39 is 161 Å². The largest absolute Gasteiger partial charge is 0.394 e. The van der Waals surface area contributed by atoms with E-state index in [0.717, 1.165) is 98.7 Å². The maximum absolute atomic E-state index is 11.3. The Morgan fingerprint density at radius 2 is 0.496 bits per heavy atom. The van der Waals surface area contributed by atoms with Gasteiger partial charge in [0.1, 0.15) is 110 Å². The van der Waals surface area contributed by atoms with Gasteiger partial charge in [0.2, 0.25) is 0 Å². The van der Waals surface area contributed by atoms with Gasteiger partial charge in [0.15, 0.2) is 25.2 Å². The van der Waals surface area contributed by atoms with Gasteiger partial charge >= 0.3 is 0 Å². The van der Waals surface area contributed by atoms with Crippen LogP contribution >= 0.6 is 0 Å². The highest BCUT2D eigenvalue weighted by Gasteiger charge is 2.53. The standard InChI is InChI=1S/C105H202O26/c1-74(2)43-37-45-76(5)47-39-49-78(7)51-41-53-80(9)59-63-122-84(72-124-102-98(118)94(114)100(88(68-108)128-102)130-104-96(116)92(112)90(110)86(66-106)126-104)70-120-61-35-31-27-23-19-15-11-13-17-21-25-29-33-55-82-57-58-83(65-82)56-34-30-26-22-18-14-12-16-20-24-28-32-36-62-121-71-85(123-64-60-81(10)54-42-52-79(8)50-40-48-77(6)46-38-44-75(3)4)73-125-103-99(119)95(115)101(89(69-109)129-103)131-105-97(117)93(113)91(111)87(67-107)127-105/h74-119H,11-73H2,1-10H3/t76-,77-,78-,79-,80+,81+,82-,83+,84+,85+,86-,87-,88-,89-,90+,91+,92+,93+,94-,95-,96-,97-,98-,99-,100-,101-,102-,103-,104+,105+/m1/s1.